The van der Waals surface area contributed by atoms with Gasteiger partial charge in [-0.1, -0.05) is 12.1 Å². The first-order valence-electron chi connectivity index (χ1n) is 8.09. The van der Waals surface area contributed by atoms with Crippen molar-refractivity contribution in [2.45, 2.75) is 32.6 Å². The van der Waals surface area contributed by atoms with Gasteiger partial charge < -0.3 is 10.3 Å². The van der Waals surface area contributed by atoms with Crippen molar-refractivity contribution in [2.24, 2.45) is 0 Å². The van der Waals surface area contributed by atoms with E-state index < -0.39 is 0 Å². The number of aromatic nitrogens is 2. The topological polar surface area (TPSA) is 57.8 Å². The second-order valence-corrected chi connectivity index (χ2v) is 6.19. The summed E-state index contributed by atoms with van der Waals surface area (Å²) >= 11 is 0. The number of hydrogen-bond acceptors (Lipinski definition) is 2. The van der Waals surface area contributed by atoms with Crippen LogP contribution in [0.25, 0.3) is 10.9 Å². The number of nitrogens with zero attached hydrogens (tertiary/aromatic N) is 1. The van der Waals surface area contributed by atoms with Gasteiger partial charge in [-0.2, -0.15) is 0 Å². The summed E-state index contributed by atoms with van der Waals surface area (Å²) in [5.41, 5.74) is 5.38. The van der Waals surface area contributed by atoms with E-state index >= 15 is 0 Å². The maximum atomic E-state index is 12.7. The lowest BCUT2D eigenvalue weighted by molar-refractivity contribution is 0.102. The molecule has 4 nitrogen and oxygen atoms in total. The number of para-hydroxylation sites is 1. The number of anilines is 1. The summed E-state index contributed by atoms with van der Waals surface area (Å²) in [6.07, 6.45) is 6.32. The lowest BCUT2D eigenvalue weighted by Gasteiger charge is -2.10. The van der Waals surface area contributed by atoms with Crippen molar-refractivity contribution in [2.75, 3.05) is 5.32 Å². The van der Waals surface area contributed by atoms with E-state index in [0.29, 0.717) is 11.4 Å². The minimum atomic E-state index is -0.118. The molecular weight excluding hydrogens is 286 g/mol. The predicted molar refractivity (Wildman–Crippen MR) is 91.9 cm³/mol. The highest BCUT2D eigenvalue weighted by molar-refractivity contribution is 6.12. The number of aryl methyl sites for hydroxylation is 3. The Morgan fingerprint density at radius 1 is 1.22 bits per heavy atom. The number of rotatable bonds is 2. The van der Waals surface area contributed by atoms with E-state index in [9.17, 15) is 4.79 Å². The number of carbonyl (C=O) groups excluding carboxylic acids is 1. The molecule has 23 heavy (non-hydrogen) atoms. The summed E-state index contributed by atoms with van der Waals surface area (Å²) in [7, 11) is 0. The van der Waals surface area contributed by atoms with Crippen LogP contribution in [0.3, 0.4) is 0 Å². The molecule has 2 heterocycles. The summed E-state index contributed by atoms with van der Waals surface area (Å²) in [5.74, 6) is 0.468. The smallest absolute Gasteiger partial charge is 0.258 e. The fraction of sp³-hybridized carbons (Fsp3) is 0.263. The van der Waals surface area contributed by atoms with Gasteiger partial charge in [-0.3, -0.25) is 4.79 Å². The zero-order valence-electron chi connectivity index (χ0n) is 13.1. The summed E-state index contributed by atoms with van der Waals surface area (Å²) in [6, 6.07) is 9.73. The Bertz CT molecular complexity index is 895. The summed E-state index contributed by atoms with van der Waals surface area (Å²) in [5, 5.41) is 4.09. The molecule has 0 fully saturated rings. The maximum Gasteiger partial charge on any atom is 0.258 e. The molecule has 1 aromatic carbocycles. The van der Waals surface area contributed by atoms with E-state index in [4.69, 9.17) is 0 Å². The molecule has 0 unspecified atom stereocenters. The van der Waals surface area contributed by atoms with Gasteiger partial charge in [0.25, 0.3) is 5.91 Å². The van der Waals surface area contributed by atoms with E-state index in [2.05, 4.69) is 21.4 Å². The van der Waals surface area contributed by atoms with Crippen molar-refractivity contribution in [3.8, 4) is 0 Å². The molecule has 0 saturated heterocycles. The molecule has 0 saturated carbocycles. The van der Waals surface area contributed by atoms with Crippen molar-refractivity contribution >= 4 is 22.6 Å². The first-order chi connectivity index (χ1) is 11.2. The van der Waals surface area contributed by atoms with E-state index in [-0.39, 0.29) is 5.91 Å². The van der Waals surface area contributed by atoms with Crippen LogP contribution < -0.4 is 5.32 Å². The van der Waals surface area contributed by atoms with Gasteiger partial charge >= 0.3 is 0 Å². The predicted octanol–water partition coefficient (Wildman–Crippen LogP) is 4.00. The SMILES string of the molecule is Cc1ccnc(NC(=O)c2cccc3c4c([nH]c23)CCCC4)c1. The molecule has 0 aliphatic heterocycles. The highest BCUT2D eigenvalue weighted by atomic mass is 16.1. The molecule has 2 N–H and O–H groups in total. The zero-order chi connectivity index (χ0) is 15.8. The van der Waals surface area contributed by atoms with Crippen LogP contribution in [-0.4, -0.2) is 15.9 Å². The van der Waals surface area contributed by atoms with Crippen LogP contribution in [0.15, 0.2) is 36.5 Å². The monoisotopic (exact) mass is 305 g/mol. The molecule has 116 valence electrons. The van der Waals surface area contributed by atoms with E-state index in [1.165, 1.54) is 29.5 Å². The number of aromatic amines is 1. The van der Waals surface area contributed by atoms with Crippen LogP contribution in [0.4, 0.5) is 5.82 Å². The third-order valence-corrected chi connectivity index (χ3v) is 4.53. The van der Waals surface area contributed by atoms with Crippen molar-refractivity contribution in [1.29, 1.82) is 0 Å². The second kappa shape index (κ2) is 5.54. The van der Waals surface area contributed by atoms with Crippen LogP contribution >= 0.6 is 0 Å². The summed E-state index contributed by atoms with van der Waals surface area (Å²) in [6.45, 7) is 1.98. The molecule has 0 radical (unpaired) electrons. The zero-order valence-corrected chi connectivity index (χ0v) is 13.1. The fourth-order valence-corrected chi connectivity index (χ4v) is 3.41. The molecule has 0 bridgehead atoms. The first-order valence-corrected chi connectivity index (χ1v) is 8.09. The highest BCUT2D eigenvalue weighted by Gasteiger charge is 2.19. The lowest BCUT2D eigenvalue weighted by Crippen LogP contribution is -2.13. The Morgan fingerprint density at radius 3 is 2.96 bits per heavy atom. The standard InChI is InChI=1S/C19H19N3O/c1-12-9-10-20-17(11-12)22-19(23)15-7-4-6-14-13-5-2-3-8-16(13)21-18(14)15/h4,6-7,9-11,21H,2-3,5,8H2,1H3,(H,20,22,23). The number of hydrogen-bond donors (Lipinski definition) is 2. The molecule has 4 heteroatoms. The van der Waals surface area contributed by atoms with E-state index in [0.717, 1.165) is 23.9 Å². The van der Waals surface area contributed by atoms with Gasteiger partial charge in [0.1, 0.15) is 5.82 Å². The third kappa shape index (κ3) is 2.50. The van der Waals surface area contributed by atoms with Crippen molar-refractivity contribution < 1.29 is 4.79 Å². The van der Waals surface area contributed by atoms with Gasteiger partial charge in [-0.25, -0.2) is 4.98 Å². The van der Waals surface area contributed by atoms with Crippen LogP contribution in [-0.2, 0) is 12.8 Å². The van der Waals surface area contributed by atoms with Crippen molar-refractivity contribution in [1.82, 2.24) is 9.97 Å². The van der Waals surface area contributed by atoms with E-state index in [1.54, 1.807) is 6.20 Å². The van der Waals surface area contributed by atoms with Gasteiger partial charge in [0.05, 0.1) is 11.1 Å². The number of benzene rings is 1. The van der Waals surface area contributed by atoms with Crippen molar-refractivity contribution in [3.63, 3.8) is 0 Å². The summed E-state index contributed by atoms with van der Waals surface area (Å²) in [4.78, 5) is 20.4. The maximum absolute atomic E-state index is 12.7. The molecule has 1 amide bonds. The average molecular weight is 305 g/mol. The fourth-order valence-electron chi connectivity index (χ4n) is 3.41. The second-order valence-electron chi connectivity index (χ2n) is 6.19. The quantitative estimate of drug-likeness (QED) is 0.751. The molecular formula is C19H19N3O. The number of nitrogens with one attached hydrogen (secondary N) is 2. The van der Waals surface area contributed by atoms with Crippen LogP contribution in [0.1, 0.15) is 40.0 Å². The molecule has 3 aromatic rings. The lowest BCUT2D eigenvalue weighted by atomic mass is 9.95. The molecule has 1 aliphatic carbocycles. The Balaban J connectivity index is 1.73. The molecule has 1 aliphatic rings. The number of amides is 1. The van der Waals surface area contributed by atoms with Gasteiger partial charge in [0.15, 0.2) is 0 Å². The summed E-state index contributed by atoms with van der Waals surface area (Å²) < 4.78 is 0. The number of H-pyrrole nitrogens is 1. The average Bonchev–Trinajstić information content (AvgIpc) is 2.93. The largest absolute Gasteiger partial charge is 0.358 e. The normalized spacial score (nSPS) is 13.8. The number of fused-ring (bicyclic) bond motifs is 3. The van der Waals surface area contributed by atoms with Gasteiger partial charge in [-0.05, 0) is 61.9 Å². The Labute approximate surface area is 134 Å². The minimum Gasteiger partial charge on any atom is -0.358 e. The third-order valence-electron chi connectivity index (χ3n) is 4.53. The van der Waals surface area contributed by atoms with Gasteiger partial charge in [0, 0.05) is 17.3 Å². The highest BCUT2D eigenvalue weighted by Crippen LogP contribution is 2.31. The number of pyridine rings is 1. The Morgan fingerprint density at radius 2 is 2.09 bits per heavy atom. The molecule has 0 spiro atoms. The Kier molecular flexibility index (Phi) is 3.37. The van der Waals surface area contributed by atoms with Crippen LogP contribution in [0.2, 0.25) is 0 Å². The molecule has 0 atom stereocenters. The Hall–Kier alpha value is -2.62. The number of carbonyl (C=O) groups is 1. The van der Waals surface area contributed by atoms with E-state index in [1.807, 2.05) is 31.2 Å². The minimum absolute atomic E-state index is 0.118. The van der Waals surface area contributed by atoms with Gasteiger partial charge in [-0.15, -0.1) is 0 Å². The van der Waals surface area contributed by atoms with Crippen LogP contribution in [0, 0.1) is 6.92 Å². The first kappa shape index (κ1) is 14.0. The van der Waals surface area contributed by atoms with Gasteiger partial charge in [0.2, 0.25) is 0 Å². The molecule has 2 aromatic heterocycles. The molecule has 4 rings (SSSR count). The van der Waals surface area contributed by atoms with Crippen LogP contribution in [0.5, 0.6) is 0 Å². The van der Waals surface area contributed by atoms with Crippen molar-refractivity contribution in [3.05, 3.63) is 58.9 Å².